The van der Waals surface area contributed by atoms with Crippen LogP contribution in [0.1, 0.15) is 0 Å². The van der Waals surface area contributed by atoms with E-state index < -0.39 is 12.2 Å². The number of hydrogen-bond donors (Lipinski definition) is 2. The molecule has 0 heterocycles. The van der Waals surface area contributed by atoms with Crippen LogP contribution in [-0.4, -0.2) is 19.8 Å². The van der Waals surface area contributed by atoms with Gasteiger partial charge in [0.15, 0.2) is 0 Å². The Labute approximate surface area is 56.9 Å². The molecule has 0 amide bonds. The summed E-state index contributed by atoms with van der Waals surface area (Å²) < 4.78 is 9.54. The van der Waals surface area contributed by atoms with Crippen LogP contribution in [0.5, 0.6) is 0 Å². The van der Waals surface area contributed by atoms with Crippen LogP contribution in [0, 0.1) is 0 Å². The van der Waals surface area contributed by atoms with Crippen molar-refractivity contribution >= 4 is 42.0 Å². The van der Waals surface area contributed by atoms with E-state index in [-0.39, 0.29) is 0 Å². The molecular weight excluding hydrogens is 167 g/mol. The van der Waals surface area contributed by atoms with Crippen molar-refractivity contribution in [2.45, 2.75) is 0 Å². The second kappa shape index (κ2) is 2.75. The molecule has 2 N–H and O–H groups in total. The largest absolute Gasteiger partial charge is 0.367 e. The topological polar surface area (TPSA) is 57.5 Å². The zero-order valence-corrected chi connectivity index (χ0v) is 6.17. The van der Waals surface area contributed by atoms with Crippen LogP contribution in [-0.2, 0) is 4.57 Å². The Morgan fingerprint density at radius 1 is 1.62 bits per heavy atom. The van der Waals surface area contributed by atoms with E-state index in [1.54, 1.807) is 0 Å². The molecule has 0 rings (SSSR count). The Bertz CT molecular complexity index is 159. The van der Waals surface area contributed by atoms with E-state index in [4.69, 9.17) is 9.79 Å². The standard InChI is InChI=1S/C2H3O3PS2/c3-6(4,5)2(8)1-7/h1H,(H2,3,4,5). The summed E-state index contributed by atoms with van der Waals surface area (Å²) in [5.41, 5.74) is 0. The molecule has 0 bridgehead atoms. The maximum atomic E-state index is 10.0. The highest BCUT2D eigenvalue weighted by molar-refractivity contribution is 8.03. The molecule has 0 aromatic carbocycles. The molecule has 0 saturated heterocycles. The van der Waals surface area contributed by atoms with Crippen LogP contribution in [0.4, 0.5) is 0 Å². The van der Waals surface area contributed by atoms with E-state index in [1.807, 2.05) is 0 Å². The van der Waals surface area contributed by atoms with Gasteiger partial charge in [-0.15, -0.1) is 0 Å². The van der Waals surface area contributed by atoms with Gasteiger partial charge in [0, 0.05) is 5.37 Å². The van der Waals surface area contributed by atoms with Gasteiger partial charge >= 0.3 is 7.60 Å². The summed E-state index contributed by atoms with van der Waals surface area (Å²) in [6.07, 6.45) is 0. The molecule has 0 aliphatic rings. The molecule has 0 atom stereocenters. The van der Waals surface area contributed by atoms with Gasteiger partial charge in [0.2, 0.25) is 0 Å². The SMILES string of the molecule is O=P(O)(O)C(=S)C=S. The first-order valence-corrected chi connectivity index (χ1v) is 4.03. The first kappa shape index (κ1) is 8.33. The van der Waals surface area contributed by atoms with E-state index in [9.17, 15) is 4.57 Å². The lowest BCUT2D eigenvalue weighted by molar-refractivity contribution is 0.392. The molecule has 6 heteroatoms. The Morgan fingerprint density at radius 2 is 2.00 bits per heavy atom. The van der Waals surface area contributed by atoms with Gasteiger partial charge in [-0.1, -0.05) is 24.4 Å². The van der Waals surface area contributed by atoms with Crippen LogP contribution < -0.4 is 0 Å². The molecule has 0 aromatic heterocycles. The van der Waals surface area contributed by atoms with E-state index in [0.29, 0.717) is 0 Å². The maximum Gasteiger partial charge on any atom is 0.367 e. The monoisotopic (exact) mass is 170 g/mol. The molecule has 0 aliphatic heterocycles. The van der Waals surface area contributed by atoms with Crippen molar-refractivity contribution in [2.24, 2.45) is 0 Å². The minimum Gasteiger partial charge on any atom is -0.320 e. The molecule has 0 fully saturated rings. The van der Waals surface area contributed by atoms with Gasteiger partial charge < -0.3 is 9.79 Å². The Balaban J connectivity index is 4.26. The van der Waals surface area contributed by atoms with Crippen molar-refractivity contribution in [1.29, 1.82) is 0 Å². The van der Waals surface area contributed by atoms with Gasteiger partial charge in [-0.05, 0) is 0 Å². The first-order chi connectivity index (χ1) is 3.48. The van der Waals surface area contributed by atoms with Crippen molar-refractivity contribution in [3.8, 4) is 0 Å². The second-order valence-corrected chi connectivity index (χ2v) is 3.55. The lowest BCUT2D eigenvalue weighted by Crippen LogP contribution is -1.93. The fourth-order valence-electron chi connectivity index (χ4n) is 0.0687. The van der Waals surface area contributed by atoms with Crippen LogP contribution in [0.3, 0.4) is 0 Å². The summed E-state index contributed by atoms with van der Waals surface area (Å²) >= 11 is 8.33. The minimum atomic E-state index is -4.18. The van der Waals surface area contributed by atoms with Gasteiger partial charge in [-0.3, -0.25) is 4.57 Å². The maximum absolute atomic E-state index is 10.0. The fraction of sp³-hybridized carbons (Fsp3) is 0. The Morgan fingerprint density at radius 3 is 2.00 bits per heavy atom. The lowest BCUT2D eigenvalue weighted by Gasteiger charge is -1.95. The summed E-state index contributed by atoms with van der Waals surface area (Å²) in [5, 5.41) is 0.802. The number of thiocarbonyl (C=S) groups is 2. The van der Waals surface area contributed by atoms with E-state index >= 15 is 0 Å². The summed E-state index contributed by atoms with van der Waals surface area (Å²) in [6.45, 7) is 0. The lowest BCUT2D eigenvalue weighted by atomic mass is 11.0. The van der Waals surface area contributed by atoms with Crippen LogP contribution in [0.25, 0.3) is 0 Å². The predicted molar refractivity (Wildman–Crippen MR) is 38.3 cm³/mol. The zero-order valence-electron chi connectivity index (χ0n) is 3.64. The summed E-state index contributed by atoms with van der Waals surface area (Å²) in [5.74, 6) is 0. The molecule has 3 nitrogen and oxygen atoms in total. The third kappa shape index (κ3) is 2.59. The third-order valence-corrected chi connectivity index (χ3v) is 2.48. The normalized spacial score (nSPS) is 10.8. The first-order valence-electron chi connectivity index (χ1n) is 1.53. The van der Waals surface area contributed by atoms with Gasteiger partial charge in [-0.25, -0.2) is 0 Å². The third-order valence-electron chi connectivity index (χ3n) is 0.388. The van der Waals surface area contributed by atoms with Crippen LogP contribution in [0.15, 0.2) is 0 Å². The smallest absolute Gasteiger partial charge is 0.320 e. The van der Waals surface area contributed by atoms with E-state index in [0.717, 1.165) is 5.37 Å². The van der Waals surface area contributed by atoms with Crippen LogP contribution in [0.2, 0.25) is 0 Å². The zero-order chi connectivity index (χ0) is 6.78. The molecule has 8 heavy (non-hydrogen) atoms. The molecule has 0 unspecified atom stereocenters. The highest BCUT2D eigenvalue weighted by Gasteiger charge is 2.17. The second-order valence-electron chi connectivity index (χ2n) is 1.00. The van der Waals surface area contributed by atoms with Crippen molar-refractivity contribution in [3.05, 3.63) is 0 Å². The number of rotatable bonds is 2. The van der Waals surface area contributed by atoms with Gasteiger partial charge in [0.25, 0.3) is 0 Å². The molecule has 46 valence electrons. The highest BCUT2D eigenvalue weighted by atomic mass is 32.1. The highest BCUT2D eigenvalue weighted by Crippen LogP contribution is 2.35. The van der Waals surface area contributed by atoms with Gasteiger partial charge in [0.1, 0.15) is 4.61 Å². The predicted octanol–water partition coefficient (Wildman–Crippen LogP) is 0.491. The average Bonchev–Trinajstić information content (AvgIpc) is 1.62. The minimum absolute atomic E-state index is 0.479. The average molecular weight is 170 g/mol. The molecule has 0 aliphatic carbocycles. The molecule has 0 saturated carbocycles. The Hall–Kier alpha value is 0.330. The van der Waals surface area contributed by atoms with Crippen LogP contribution >= 0.6 is 32.0 Å². The summed E-state index contributed by atoms with van der Waals surface area (Å²) in [4.78, 5) is 16.3. The van der Waals surface area contributed by atoms with Crippen molar-refractivity contribution in [1.82, 2.24) is 0 Å². The molecular formula is C2H3O3PS2. The quantitative estimate of drug-likeness (QED) is 0.466. The van der Waals surface area contributed by atoms with E-state index in [1.165, 1.54) is 0 Å². The van der Waals surface area contributed by atoms with Gasteiger partial charge in [-0.2, -0.15) is 0 Å². The summed E-state index contributed by atoms with van der Waals surface area (Å²) in [6, 6.07) is 0. The van der Waals surface area contributed by atoms with E-state index in [2.05, 4.69) is 24.4 Å². The summed E-state index contributed by atoms with van der Waals surface area (Å²) in [7, 11) is -4.18. The van der Waals surface area contributed by atoms with Crippen molar-refractivity contribution < 1.29 is 14.4 Å². The van der Waals surface area contributed by atoms with Crippen molar-refractivity contribution in [3.63, 3.8) is 0 Å². The molecule has 0 aromatic rings. The Kier molecular flexibility index (Phi) is 2.87. The van der Waals surface area contributed by atoms with Crippen molar-refractivity contribution in [2.75, 3.05) is 0 Å². The number of hydrogen-bond acceptors (Lipinski definition) is 3. The molecule has 0 spiro atoms. The fourth-order valence-corrected chi connectivity index (χ4v) is 0.618. The van der Waals surface area contributed by atoms with Gasteiger partial charge in [0.05, 0.1) is 0 Å². The molecule has 0 radical (unpaired) electrons.